The van der Waals surface area contributed by atoms with Crippen LogP contribution in [0.4, 0.5) is 5.13 Å². The Morgan fingerprint density at radius 2 is 2.14 bits per heavy atom. The Morgan fingerprint density at radius 3 is 2.86 bits per heavy atom. The van der Waals surface area contributed by atoms with Gasteiger partial charge in [0.05, 0.1) is 13.7 Å². The minimum absolute atomic E-state index is 0.0283. The lowest BCUT2D eigenvalue weighted by Crippen LogP contribution is -1.98. The average Bonchev–Trinajstić information content (AvgIpc) is 2.98. The highest BCUT2D eigenvalue weighted by Gasteiger charge is 2.08. The van der Waals surface area contributed by atoms with Crippen LogP contribution in [0, 0.1) is 0 Å². The molecule has 0 amide bonds. The number of ether oxygens (including phenoxy) is 2. The molecule has 0 unspecified atom stereocenters. The minimum atomic E-state index is -0.0283. The van der Waals surface area contributed by atoms with E-state index in [1.807, 2.05) is 0 Å². The van der Waals surface area contributed by atoms with Crippen molar-refractivity contribution in [2.75, 3.05) is 19.0 Å². The largest absolute Gasteiger partial charge is 0.493 e. The van der Waals surface area contributed by atoms with Gasteiger partial charge in [0.25, 0.3) is 0 Å². The maximum Gasteiger partial charge on any atom is 0.205 e. The Balaban J connectivity index is 1.97. The molecule has 21 heavy (non-hydrogen) atoms. The van der Waals surface area contributed by atoms with Crippen molar-refractivity contribution in [1.29, 1.82) is 0 Å². The van der Waals surface area contributed by atoms with E-state index in [1.54, 1.807) is 25.3 Å². The molecule has 0 bridgehead atoms. The molecule has 0 atom stereocenters. The van der Waals surface area contributed by atoms with Gasteiger partial charge in [0, 0.05) is 6.54 Å². The van der Waals surface area contributed by atoms with E-state index in [2.05, 4.69) is 22.4 Å². The van der Waals surface area contributed by atoms with E-state index in [0.717, 1.165) is 28.7 Å². The van der Waals surface area contributed by atoms with Gasteiger partial charge in [0.15, 0.2) is 16.5 Å². The average molecular weight is 309 g/mol. The lowest BCUT2D eigenvalue weighted by Gasteiger charge is -2.10. The fourth-order valence-electron chi connectivity index (χ4n) is 1.68. The van der Waals surface area contributed by atoms with E-state index in [1.165, 1.54) is 11.3 Å². The highest BCUT2D eigenvalue weighted by atomic mass is 32.1. The third-order valence-electron chi connectivity index (χ3n) is 2.75. The number of rotatable bonds is 8. The van der Waals surface area contributed by atoms with Gasteiger partial charge in [-0.25, -0.2) is 0 Å². The van der Waals surface area contributed by atoms with Crippen molar-refractivity contribution >= 4 is 16.5 Å². The maximum atomic E-state index is 9.11. The van der Waals surface area contributed by atoms with E-state index in [-0.39, 0.29) is 6.61 Å². The first-order valence-corrected chi connectivity index (χ1v) is 7.55. The van der Waals surface area contributed by atoms with Gasteiger partial charge in [-0.15, -0.1) is 10.2 Å². The lowest BCUT2D eigenvalue weighted by molar-refractivity contribution is 0.273. The second-order valence-corrected chi connectivity index (χ2v) is 5.42. The molecule has 6 nitrogen and oxygen atoms in total. The number of aliphatic hydroxyl groups is 1. The number of nitrogens with zero attached hydrogens (tertiary/aromatic N) is 2. The topological polar surface area (TPSA) is 76.5 Å². The molecule has 1 aromatic carbocycles. The molecule has 0 aliphatic rings. The molecule has 0 aliphatic heterocycles. The number of aromatic nitrogens is 2. The van der Waals surface area contributed by atoms with Crippen molar-refractivity contribution in [3.63, 3.8) is 0 Å². The van der Waals surface area contributed by atoms with Gasteiger partial charge < -0.3 is 19.9 Å². The van der Waals surface area contributed by atoms with Crippen LogP contribution in [0.25, 0.3) is 0 Å². The lowest BCUT2D eigenvalue weighted by atomic mass is 10.2. The quantitative estimate of drug-likeness (QED) is 0.780. The van der Waals surface area contributed by atoms with Crippen LogP contribution in [0.3, 0.4) is 0 Å². The Labute approximate surface area is 127 Å². The number of methoxy groups -OCH3 is 1. The second-order valence-electron chi connectivity index (χ2n) is 4.36. The molecule has 0 spiro atoms. The fraction of sp³-hybridized carbons (Fsp3) is 0.429. The number of nitrogens with one attached hydrogen (secondary N) is 1. The maximum absolute atomic E-state index is 9.11. The molecular weight excluding hydrogens is 290 g/mol. The number of hydrogen-bond donors (Lipinski definition) is 2. The highest BCUT2D eigenvalue weighted by Crippen LogP contribution is 2.29. The normalized spacial score (nSPS) is 10.4. The van der Waals surface area contributed by atoms with E-state index >= 15 is 0 Å². The summed E-state index contributed by atoms with van der Waals surface area (Å²) >= 11 is 1.47. The Kier molecular flexibility index (Phi) is 5.77. The van der Waals surface area contributed by atoms with Gasteiger partial charge >= 0.3 is 0 Å². The molecule has 0 saturated heterocycles. The summed E-state index contributed by atoms with van der Waals surface area (Å²) in [6.07, 6.45) is 1.04. The summed E-state index contributed by atoms with van der Waals surface area (Å²) < 4.78 is 11.0. The molecule has 1 heterocycles. The molecule has 114 valence electrons. The van der Waals surface area contributed by atoms with Crippen LogP contribution in [0.2, 0.25) is 0 Å². The molecule has 1 aromatic heterocycles. The van der Waals surface area contributed by atoms with E-state index < -0.39 is 0 Å². The van der Waals surface area contributed by atoms with Crippen LogP contribution in [0.15, 0.2) is 18.2 Å². The molecule has 7 heteroatoms. The third-order valence-corrected chi connectivity index (χ3v) is 3.61. The van der Waals surface area contributed by atoms with Crippen LogP contribution in [-0.2, 0) is 13.2 Å². The molecule has 2 rings (SSSR count). The van der Waals surface area contributed by atoms with E-state index in [9.17, 15) is 0 Å². The predicted molar refractivity (Wildman–Crippen MR) is 81.9 cm³/mol. The molecule has 0 saturated carbocycles. The summed E-state index contributed by atoms with van der Waals surface area (Å²) in [6, 6.07) is 5.33. The zero-order valence-electron chi connectivity index (χ0n) is 12.1. The van der Waals surface area contributed by atoms with Crippen molar-refractivity contribution in [1.82, 2.24) is 10.2 Å². The van der Waals surface area contributed by atoms with Gasteiger partial charge in [-0.05, 0) is 24.1 Å². The van der Waals surface area contributed by atoms with Crippen molar-refractivity contribution < 1.29 is 14.6 Å². The first-order chi connectivity index (χ1) is 10.3. The van der Waals surface area contributed by atoms with Crippen molar-refractivity contribution in [2.24, 2.45) is 0 Å². The minimum Gasteiger partial charge on any atom is -0.493 e. The number of hydrogen-bond acceptors (Lipinski definition) is 7. The first kappa shape index (κ1) is 15.5. The second kappa shape index (κ2) is 7.80. The van der Waals surface area contributed by atoms with Gasteiger partial charge in [-0.1, -0.05) is 24.3 Å². The number of aliphatic hydroxyl groups excluding tert-OH is 1. The molecule has 0 radical (unpaired) electrons. The van der Waals surface area contributed by atoms with Crippen molar-refractivity contribution in [3.8, 4) is 11.5 Å². The summed E-state index contributed by atoms with van der Waals surface area (Å²) in [4.78, 5) is 0. The third kappa shape index (κ3) is 4.30. The first-order valence-electron chi connectivity index (χ1n) is 6.73. The number of anilines is 1. The molecule has 0 fully saturated rings. The molecule has 2 aromatic rings. The Morgan fingerprint density at radius 1 is 1.29 bits per heavy atom. The van der Waals surface area contributed by atoms with Crippen molar-refractivity contribution in [2.45, 2.75) is 26.6 Å². The Hall–Kier alpha value is -1.86. The molecule has 2 N–H and O–H groups in total. The molecular formula is C14H19N3O3S. The zero-order chi connectivity index (χ0) is 15.1. The summed E-state index contributed by atoms with van der Waals surface area (Å²) in [6.45, 7) is 3.28. The summed E-state index contributed by atoms with van der Waals surface area (Å²) in [5.74, 6) is 1.21. The van der Waals surface area contributed by atoms with Crippen LogP contribution in [0.5, 0.6) is 11.5 Å². The fourth-order valence-corrected chi connectivity index (χ4v) is 2.36. The van der Waals surface area contributed by atoms with E-state index in [4.69, 9.17) is 14.6 Å². The Bertz CT molecular complexity index is 574. The van der Waals surface area contributed by atoms with Gasteiger partial charge in [0.1, 0.15) is 6.61 Å². The zero-order valence-corrected chi connectivity index (χ0v) is 12.9. The van der Waals surface area contributed by atoms with E-state index in [0.29, 0.717) is 18.1 Å². The summed E-state index contributed by atoms with van der Waals surface area (Å²) in [5.41, 5.74) is 0.779. The van der Waals surface area contributed by atoms with Gasteiger partial charge in [0.2, 0.25) is 5.13 Å². The monoisotopic (exact) mass is 309 g/mol. The van der Waals surface area contributed by atoms with Gasteiger partial charge in [-0.3, -0.25) is 0 Å². The van der Waals surface area contributed by atoms with Gasteiger partial charge in [-0.2, -0.15) is 0 Å². The number of benzene rings is 1. The SMILES string of the molecule is CCCNc1nnc(COc2ccc(CO)cc2OC)s1. The van der Waals surface area contributed by atoms with Crippen LogP contribution in [-0.4, -0.2) is 29.0 Å². The molecule has 0 aliphatic carbocycles. The smallest absolute Gasteiger partial charge is 0.205 e. The standard InChI is InChI=1S/C14H19N3O3S/c1-3-6-15-14-17-16-13(21-14)9-20-11-5-4-10(8-18)7-12(11)19-2/h4-5,7,18H,3,6,8-9H2,1-2H3,(H,15,17). The predicted octanol–water partition coefficient (Wildman–Crippen LogP) is 2.44. The van der Waals surface area contributed by atoms with Crippen LogP contribution >= 0.6 is 11.3 Å². The summed E-state index contributed by atoms with van der Waals surface area (Å²) in [7, 11) is 1.57. The summed E-state index contributed by atoms with van der Waals surface area (Å²) in [5, 5.41) is 22.0. The highest BCUT2D eigenvalue weighted by molar-refractivity contribution is 7.15. The van der Waals surface area contributed by atoms with Crippen LogP contribution in [0.1, 0.15) is 23.9 Å². The van der Waals surface area contributed by atoms with Crippen molar-refractivity contribution in [3.05, 3.63) is 28.8 Å². The van der Waals surface area contributed by atoms with Crippen LogP contribution < -0.4 is 14.8 Å².